The molecule has 0 fully saturated rings. The summed E-state index contributed by atoms with van der Waals surface area (Å²) < 4.78 is 5.37. The number of nitrogens with zero attached hydrogens (tertiary/aromatic N) is 3. The number of hydrogen-bond acceptors (Lipinski definition) is 6. The Morgan fingerprint density at radius 2 is 1.96 bits per heavy atom. The Morgan fingerprint density at radius 3 is 2.64 bits per heavy atom. The number of rotatable bonds is 7. The molecule has 0 unspecified atom stereocenters. The van der Waals surface area contributed by atoms with E-state index in [0.717, 1.165) is 17.8 Å². The lowest BCUT2D eigenvalue weighted by Crippen LogP contribution is -2.32. The van der Waals surface area contributed by atoms with Crippen LogP contribution in [0.2, 0.25) is 0 Å². The minimum absolute atomic E-state index is 0.216. The summed E-state index contributed by atoms with van der Waals surface area (Å²) in [4.78, 5) is 22.9. The van der Waals surface area contributed by atoms with Crippen LogP contribution in [0.1, 0.15) is 21.9 Å². The van der Waals surface area contributed by atoms with E-state index in [9.17, 15) is 4.79 Å². The molecule has 0 spiro atoms. The molecule has 0 aliphatic carbocycles. The number of likely N-dealkylation sites (N-methyl/N-ethyl adjacent to an activating group) is 1. The number of methoxy groups -OCH3 is 1. The number of anilines is 2. The van der Waals surface area contributed by atoms with Crippen molar-refractivity contribution in [3.63, 3.8) is 0 Å². The normalized spacial score (nSPS) is 10.6. The molecule has 2 aromatic rings. The molecule has 1 aromatic carbocycles. The maximum Gasteiger partial charge on any atom is 0.270 e. The molecular formula is C18H25N5O2. The molecule has 2 N–H and O–H groups in total. The van der Waals surface area contributed by atoms with Crippen LogP contribution < -0.4 is 15.4 Å². The number of hydrogen-bond donors (Lipinski definition) is 2. The van der Waals surface area contributed by atoms with Gasteiger partial charge in [0.25, 0.3) is 5.91 Å². The van der Waals surface area contributed by atoms with Crippen LogP contribution in [0.25, 0.3) is 0 Å². The van der Waals surface area contributed by atoms with Gasteiger partial charge in [-0.2, -0.15) is 0 Å². The third-order valence-corrected chi connectivity index (χ3v) is 3.53. The molecule has 7 nitrogen and oxygen atoms in total. The van der Waals surface area contributed by atoms with Crippen LogP contribution in [0.5, 0.6) is 5.75 Å². The predicted molar refractivity (Wildman–Crippen MR) is 98.7 cm³/mol. The zero-order chi connectivity index (χ0) is 18.4. The highest BCUT2D eigenvalue weighted by Gasteiger charge is 2.12. The molecule has 0 saturated heterocycles. The second kappa shape index (κ2) is 8.43. The molecule has 1 aromatic heterocycles. The van der Waals surface area contributed by atoms with Gasteiger partial charge in [0.1, 0.15) is 23.1 Å². The van der Waals surface area contributed by atoms with Crippen molar-refractivity contribution in [2.75, 3.05) is 39.6 Å². The van der Waals surface area contributed by atoms with E-state index in [0.29, 0.717) is 29.6 Å². The van der Waals surface area contributed by atoms with Crippen LogP contribution in [0.3, 0.4) is 0 Å². The van der Waals surface area contributed by atoms with Crippen LogP contribution in [-0.4, -0.2) is 55.1 Å². The number of benzene rings is 1. The molecular weight excluding hydrogens is 318 g/mol. The molecule has 7 heteroatoms. The molecule has 0 radical (unpaired) electrons. The van der Waals surface area contributed by atoms with E-state index in [-0.39, 0.29) is 5.91 Å². The fourth-order valence-electron chi connectivity index (χ4n) is 2.29. The molecule has 1 heterocycles. The lowest BCUT2D eigenvalue weighted by atomic mass is 10.2. The highest BCUT2D eigenvalue weighted by Crippen LogP contribution is 2.28. The predicted octanol–water partition coefficient (Wildman–Crippen LogP) is 2.14. The van der Waals surface area contributed by atoms with Gasteiger partial charge in [-0.15, -0.1) is 0 Å². The van der Waals surface area contributed by atoms with Gasteiger partial charge in [-0.1, -0.05) is 6.07 Å². The zero-order valence-corrected chi connectivity index (χ0v) is 15.4. The van der Waals surface area contributed by atoms with Gasteiger partial charge in [0.05, 0.1) is 12.8 Å². The van der Waals surface area contributed by atoms with Gasteiger partial charge >= 0.3 is 0 Å². The first-order valence-corrected chi connectivity index (χ1v) is 8.09. The Balaban J connectivity index is 2.19. The molecule has 2 rings (SSSR count). The fraction of sp³-hybridized carbons (Fsp3) is 0.389. The van der Waals surface area contributed by atoms with Gasteiger partial charge < -0.3 is 20.3 Å². The molecule has 0 aliphatic heterocycles. The molecule has 0 atom stereocenters. The van der Waals surface area contributed by atoms with E-state index in [2.05, 4.69) is 20.6 Å². The van der Waals surface area contributed by atoms with Crippen LogP contribution in [0.15, 0.2) is 24.3 Å². The van der Waals surface area contributed by atoms with Crippen LogP contribution >= 0.6 is 0 Å². The van der Waals surface area contributed by atoms with Gasteiger partial charge in [0.2, 0.25) is 0 Å². The number of carbonyl (C=O) groups excluding carboxylic acids is 1. The molecule has 0 aliphatic rings. The van der Waals surface area contributed by atoms with E-state index in [1.807, 2.05) is 44.1 Å². The van der Waals surface area contributed by atoms with E-state index < -0.39 is 0 Å². The van der Waals surface area contributed by atoms with Crippen molar-refractivity contribution in [1.82, 2.24) is 20.2 Å². The highest BCUT2D eigenvalue weighted by atomic mass is 16.5. The summed E-state index contributed by atoms with van der Waals surface area (Å²) in [6.45, 7) is 5.08. The van der Waals surface area contributed by atoms with Crippen molar-refractivity contribution in [2.24, 2.45) is 0 Å². The van der Waals surface area contributed by atoms with Crippen molar-refractivity contribution >= 4 is 17.4 Å². The number of amides is 1. The average molecular weight is 343 g/mol. The van der Waals surface area contributed by atoms with E-state index >= 15 is 0 Å². The second-order valence-electron chi connectivity index (χ2n) is 6.07. The van der Waals surface area contributed by atoms with Gasteiger partial charge in [0, 0.05) is 19.2 Å². The largest absolute Gasteiger partial charge is 0.495 e. The SMILES string of the molecule is COc1ccc(C)cc1Nc1cc(C(=O)NCCN(C)C)nc(C)n1. The molecule has 134 valence electrons. The maximum absolute atomic E-state index is 12.3. The van der Waals surface area contributed by atoms with Crippen LogP contribution in [-0.2, 0) is 0 Å². The Labute approximate surface area is 148 Å². The van der Waals surface area contributed by atoms with Crippen molar-refractivity contribution in [2.45, 2.75) is 13.8 Å². The monoisotopic (exact) mass is 343 g/mol. The number of aryl methyl sites for hydroxylation is 2. The third-order valence-electron chi connectivity index (χ3n) is 3.53. The molecule has 0 bridgehead atoms. The number of aromatic nitrogens is 2. The van der Waals surface area contributed by atoms with Gasteiger partial charge in [-0.25, -0.2) is 9.97 Å². The number of ether oxygens (including phenoxy) is 1. The van der Waals surface area contributed by atoms with Crippen molar-refractivity contribution in [3.8, 4) is 5.75 Å². The first-order valence-electron chi connectivity index (χ1n) is 8.09. The number of carbonyl (C=O) groups is 1. The van der Waals surface area contributed by atoms with Crippen molar-refractivity contribution < 1.29 is 9.53 Å². The standard InChI is InChI=1S/C18H25N5O2/c1-12-6-7-16(25-5)14(10-12)22-17-11-15(20-13(2)21-17)18(24)19-8-9-23(3)4/h6-7,10-11H,8-9H2,1-5H3,(H,19,24)(H,20,21,22). The summed E-state index contributed by atoms with van der Waals surface area (Å²) in [5, 5.41) is 6.07. The van der Waals surface area contributed by atoms with Crippen LogP contribution in [0.4, 0.5) is 11.5 Å². The summed E-state index contributed by atoms with van der Waals surface area (Å²) in [6.07, 6.45) is 0. The quantitative estimate of drug-likeness (QED) is 0.802. The van der Waals surface area contributed by atoms with E-state index in [1.54, 1.807) is 20.1 Å². The highest BCUT2D eigenvalue weighted by molar-refractivity contribution is 5.93. The minimum atomic E-state index is -0.216. The van der Waals surface area contributed by atoms with E-state index in [1.165, 1.54) is 0 Å². The summed E-state index contributed by atoms with van der Waals surface area (Å²) in [5.41, 5.74) is 2.22. The first-order chi connectivity index (χ1) is 11.9. The Bertz CT molecular complexity index is 746. The van der Waals surface area contributed by atoms with Crippen LogP contribution in [0, 0.1) is 13.8 Å². The maximum atomic E-state index is 12.3. The summed E-state index contributed by atoms with van der Waals surface area (Å²) in [5.74, 6) is 1.56. The number of nitrogens with one attached hydrogen (secondary N) is 2. The van der Waals surface area contributed by atoms with Crippen molar-refractivity contribution in [3.05, 3.63) is 41.3 Å². The topological polar surface area (TPSA) is 79.4 Å². The molecule has 25 heavy (non-hydrogen) atoms. The van der Waals surface area contributed by atoms with Crippen molar-refractivity contribution in [1.29, 1.82) is 0 Å². The first kappa shape index (κ1) is 18.7. The van der Waals surface area contributed by atoms with E-state index in [4.69, 9.17) is 4.74 Å². The Morgan fingerprint density at radius 1 is 1.20 bits per heavy atom. The lowest BCUT2D eigenvalue weighted by Gasteiger charge is -2.13. The fourth-order valence-corrected chi connectivity index (χ4v) is 2.29. The summed E-state index contributed by atoms with van der Waals surface area (Å²) >= 11 is 0. The summed E-state index contributed by atoms with van der Waals surface area (Å²) in [7, 11) is 5.53. The minimum Gasteiger partial charge on any atom is -0.495 e. The Kier molecular flexibility index (Phi) is 6.30. The van der Waals surface area contributed by atoms with Gasteiger partial charge in [-0.3, -0.25) is 4.79 Å². The lowest BCUT2D eigenvalue weighted by molar-refractivity contribution is 0.0945. The molecule has 1 amide bonds. The van der Waals surface area contributed by atoms with Gasteiger partial charge in [-0.05, 0) is 45.6 Å². The summed E-state index contributed by atoms with van der Waals surface area (Å²) in [6, 6.07) is 7.46. The third kappa shape index (κ3) is 5.42. The molecule has 0 saturated carbocycles. The van der Waals surface area contributed by atoms with Gasteiger partial charge in [0.15, 0.2) is 0 Å². The zero-order valence-electron chi connectivity index (χ0n) is 15.4. The average Bonchev–Trinajstić information content (AvgIpc) is 2.54. The second-order valence-corrected chi connectivity index (χ2v) is 6.07. The Hall–Kier alpha value is -2.67. The smallest absolute Gasteiger partial charge is 0.270 e.